The molecule has 2 aromatic rings. The minimum absolute atomic E-state index is 0. The molecule has 0 fully saturated rings. The largest absolute Gasteiger partial charge is 1.00 e. The Morgan fingerprint density at radius 2 is 1.73 bits per heavy atom. The van der Waals surface area contributed by atoms with Gasteiger partial charge in [0.15, 0.2) is 12.4 Å². The van der Waals surface area contributed by atoms with Gasteiger partial charge in [-0.15, -0.1) is 0 Å². The van der Waals surface area contributed by atoms with Gasteiger partial charge in [-0.1, -0.05) is 18.2 Å². The third-order valence-electron chi connectivity index (χ3n) is 2.16. The molecule has 0 aliphatic rings. The average molecular weight is 221 g/mol. The Balaban J connectivity index is 0.00000112. The monoisotopic (exact) mass is 220 g/mol. The first-order chi connectivity index (χ1) is 6.90. The van der Waals surface area contributed by atoms with E-state index in [1.807, 2.05) is 42.7 Å². The van der Waals surface area contributed by atoms with E-state index in [2.05, 4.69) is 16.7 Å². The van der Waals surface area contributed by atoms with Crippen LogP contribution in [0, 0.1) is 0 Å². The van der Waals surface area contributed by atoms with Gasteiger partial charge in [-0.2, -0.15) is 4.57 Å². The Hall–Kier alpha value is -1.38. The summed E-state index contributed by atoms with van der Waals surface area (Å²) in [6.45, 7) is 0.585. The van der Waals surface area contributed by atoms with Gasteiger partial charge in [0.2, 0.25) is 5.69 Å². The highest BCUT2D eigenvalue weighted by molar-refractivity contribution is 5.28. The first-order valence-corrected chi connectivity index (χ1v) is 4.66. The molecule has 0 bridgehead atoms. The Morgan fingerprint density at radius 1 is 1.00 bits per heavy atom. The fourth-order valence-corrected chi connectivity index (χ4v) is 1.41. The third kappa shape index (κ3) is 2.78. The summed E-state index contributed by atoms with van der Waals surface area (Å²) in [5.74, 6) is 0. The van der Waals surface area contributed by atoms with E-state index in [4.69, 9.17) is 5.73 Å². The summed E-state index contributed by atoms with van der Waals surface area (Å²) in [5, 5.41) is 0. The van der Waals surface area contributed by atoms with Gasteiger partial charge >= 0.3 is 0 Å². The minimum Gasteiger partial charge on any atom is -1.00 e. The van der Waals surface area contributed by atoms with Crippen molar-refractivity contribution < 1.29 is 17.0 Å². The molecule has 0 unspecified atom stereocenters. The second-order valence-electron chi connectivity index (χ2n) is 3.16. The lowest BCUT2D eigenvalue weighted by molar-refractivity contribution is -0.595. The highest BCUT2D eigenvalue weighted by Gasteiger charge is 2.03. The van der Waals surface area contributed by atoms with Crippen LogP contribution in [-0.4, -0.2) is 0 Å². The van der Waals surface area contributed by atoms with Crippen LogP contribution in [0.15, 0.2) is 54.9 Å². The van der Waals surface area contributed by atoms with Gasteiger partial charge in [0, 0.05) is 30.8 Å². The molecule has 0 saturated heterocycles. The van der Waals surface area contributed by atoms with Crippen LogP contribution in [0.1, 0.15) is 5.56 Å². The predicted molar refractivity (Wildman–Crippen MR) is 55.9 cm³/mol. The fourth-order valence-electron chi connectivity index (χ4n) is 1.41. The topological polar surface area (TPSA) is 29.9 Å². The number of halogens is 1. The Labute approximate surface area is 95.8 Å². The molecule has 78 valence electrons. The molecule has 2 N–H and O–H groups in total. The van der Waals surface area contributed by atoms with Crippen molar-refractivity contribution >= 4 is 0 Å². The van der Waals surface area contributed by atoms with Crippen LogP contribution < -0.4 is 22.7 Å². The molecule has 0 atom stereocenters. The molecule has 2 nitrogen and oxygen atoms in total. The van der Waals surface area contributed by atoms with Crippen LogP contribution in [0.2, 0.25) is 0 Å². The standard InChI is InChI=1S/C12H13N2.ClH/c13-10-11-5-4-6-12(9-11)14-7-2-1-3-8-14;/h1-9H,10,13H2;1H/q+1;/p-1. The van der Waals surface area contributed by atoms with Crippen molar-refractivity contribution in [2.45, 2.75) is 6.54 Å². The molecule has 1 aromatic heterocycles. The maximum atomic E-state index is 5.59. The van der Waals surface area contributed by atoms with Crippen molar-refractivity contribution in [2.75, 3.05) is 0 Å². The number of aromatic nitrogens is 1. The zero-order valence-electron chi connectivity index (χ0n) is 8.31. The van der Waals surface area contributed by atoms with Crippen LogP contribution in [0.3, 0.4) is 0 Å². The van der Waals surface area contributed by atoms with Crippen LogP contribution in [0.4, 0.5) is 0 Å². The van der Waals surface area contributed by atoms with Crippen LogP contribution in [0.5, 0.6) is 0 Å². The number of rotatable bonds is 2. The Morgan fingerprint density at radius 3 is 2.40 bits per heavy atom. The van der Waals surface area contributed by atoms with Crippen molar-refractivity contribution in [3.05, 3.63) is 60.4 Å². The second-order valence-corrected chi connectivity index (χ2v) is 3.16. The van der Waals surface area contributed by atoms with E-state index in [1.165, 1.54) is 0 Å². The number of nitrogens with zero attached hydrogens (tertiary/aromatic N) is 1. The van der Waals surface area contributed by atoms with E-state index in [0.717, 1.165) is 11.3 Å². The molecular weight excluding hydrogens is 208 g/mol. The summed E-state index contributed by atoms with van der Waals surface area (Å²) < 4.78 is 2.07. The van der Waals surface area contributed by atoms with Crippen LogP contribution >= 0.6 is 0 Å². The molecule has 0 radical (unpaired) electrons. The van der Waals surface area contributed by atoms with Gasteiger partial charge in [-0.3, -0.25) is 0 Å². The summed E-state index contributed by atoms with van der Waals surface area (Å²) in [4.78, 5) is 0. The number of benzene rings is 1. The van der Waals surface area contributed by atoms with Gasteiger partial charge in [-0.05, 0) is 5.56 Å². The second kappa shape index (κ2) is 5.49. The van der Waals surface area contributed by atoms with E-state index in [0.29, 0.717) is 6.54 Å². The van der Waals surface area contributed by atoms with Crippen LogP contribution in [-0.2, 0) is 6.54 Å². The zero-order valence-corrected chi connectivity index (χ0v) is 9.06. The van der Waals surface area contributed by atoms with Crippen LogP contribution in [0.25, 0.3) is 5.69 Å². The van der Waals surface area contributed by atoms with Gasteiger partial charge in [0.1, 0.15) is 0 Å². The average Bonchev–Trinajstić information content (AvgIpc) is 2.30. The molecule has 1 heterocycles. The smallest absolute Gasteiger partial charge is 0.210 e. The third-order valence-corrected chi connectivity index (χ3v) is 2.16. The first-order valence-electron chi connectivity index (χ1n) is 4.66. The molecule has 0 aliphatic carbocycles. The maximum Gasteiger partial charge on any atom is 0.210 e. The van der Waals surface area contributed by atoms with Crippen molar-refractivity contribution in [3.63, 3.8) is 0 Å². The molecular formula is C12H13ClN2. The number of nitrogens with two attached hydrogens (primary N) is 1. The predicted octanol–water partition coefficient (Wildman–Crippen LogP) is -1.57. The summed E-state index contributed by atoms with van der Waals surface area (Å²) in [6.07, 6.45) is 4.05. The van der Waals surface area contributed by atoms with Crippen molar-refractivity contribution in [3.8, 4) is 5.69 Å². The lowest BCUT2D eigenvalue weighted by atomic mass is 10.2. The Kier molecular flexibility index (Phi) is 4.28. The highest BCUT2D eigenvalue weighted by Crippen LogP contribution is 2.03. The minimum atomic E-state index is 0. The highest BCUT2D eigenvalue weighted by atomic mass is 35.5. The van der Waals surface area contributed by atoms with E-state index < -0.39 is 0 Å². The molecule has 0 spiro atoms. The van der Waals surface area contributed by atoms with E-state index in [1.54, 1.807) is 0 Å². The van der Waals surface area contributed by atoms with Crippen molar-refractivity contribution in [1.29, 1.82) is 0 Å². The van der Waals surface area contributed by atoms with E-state index >= 15 is 0 Å². The SMILES string of the molecule is NCc1cccc(-[n+]2ccccc2)c1.[Cl-]. The number of hydrogen-bond donors (Lipinski definition) is 1. The summed E-state index contributed by atoms with van der Waals surface area (Å²) in [6, 6.07) is 14.2. The van der Waals surface area contributed by atoms with Gasteiger partial charge in [0.05, 0.1) is 0 Å². The normalized spacial score (nSPS) is 9.40. The first kappa shape index (κ1) is 11.7. The summed E-state index contributed by atoms with van der Waals surface area (Å²) in [5.41, 5.74) is 7.89. The molecule has 15 heavy (non-hydrogen) atoms. The number of hydrogen-bond acceptors (Lipinski definition) is 1. The fraction of sp³-hybridized carbons (Fsp3) is 0.0833. The lowest BCUT2D eigenvalue weighted by Gasteiger charge is -1.97. The molecule has 0 saturated carbocycles. The van der Waals surface area contributed by atoms with Gasteiger partial charge < -0.3 is 18.1 Å². The maximum absolute atomic E-state index is 5.59. The number of pyridine rings is 1. The van der Waals surface area contributed by atoms with E-state index in [-0.39, 0.29) is 12.4 Å². The quantitative estimate of drug-likeness (QED) is 0.609. The lowest BCUT2D eigenvalue weighted by Crippen LogP contribution is -3.00. The van der Waals surface area contributed by atoms with Crippen molar-refractivity contribution in [1.82, 2.24) is 0 Å². The van der Waals surface area contributed by atoms with Gasteiger partial charge in [-0.25, -0.2) is 0 Å². The zero-order chi connectivity index (χ0) is 9.80. The summed E-state index contributed by atoms with van der Waals surface area (Å²) in [7, 11) is 0. The molecule has 3 heteroatoms. The molecule has 2 rings (SSSR count). The molecule has 0 aliphatic heterocycles. The van der Waals surface area contributed by atoms with Crippen molar-refractivity contribution in [2.24, 2.45) is 5.73 Å². The van der Waals surface area contributed by atoms with E-state index in [9.17, 15) is 0 Å². The van der Waals surface area contributed by atoms with Gasteiger partial charge in [0.25, 0.3) is 0 Å². The Bertz CT molecular complexity index is 415. The summed E-state index contributed by atoms with van der Waals surface area (Å²) >= 11 is 0. The molecule has 0 amide bonds. The molecule has 1 aromatic carbocycles.